The molecule has 0 bridgehead atoms. The maximum Gasteiger partial charge on any atom is 0.253 e. The number of para-hydroxylation sites is 1. The van der Waals surface area contributed by atoms with Crippen molar-refractivity contribution in [3.63, 3.8) is 0 Å². The van der Waals surface area contributed by atoms with E-state index >= 15 is 0 Å². The molecule has 0 unspecified atom stereocenters. The van der Waals surface area contributed by atoms with Crippen LogP contribution in [0.25, 0.3) is 0 Å². The van der Waals surface area contributed by atoms with Gasteiger partial charge in [0.25, 0.3) is 11.8 Å². The number of aliphatic hydroxyl groups excluding tert-OH is 1. The van der Waals surface area contributed by atoms with Crippen LogP contribution in [0.5, 0.6) is 0 Å². The minimum atomic E-state index is -1.90. The van der Waals surface area contributed by atoms with Gasteiger partial charge in [0.1, 0.15) is 18.1 Å². The van der Waals surface area contributed by atoms with Crippen LogP contribution >= 0.6 is 23.2 Å². The summed E-state index contributed by atoms with van der Waals surface area (Å²) in [6.45, 7) is -0.368. The Morgan fingerprint density at radius 1 is 1.00 bits per heavy atom. The van der Waals surface area contributed by atoms with Crippen LogP contribution in [0, 0.1) is 17.8 Å². The predicted octanol–water partition coefficient (Wildman–Crippen LogP) is 2.97. The Labute approximate surface area is 216 Å². The number of carbonyl (C=O) groups excluding carboxylic acids is 4. The summed E-state index contributed by atoms with van der Waals surface area (Å²) in [4.78, 5) is 52.3. The number of alkyl halides is 2. The Hall–Kier alpha value is -2.94. The average Bonchev–Trinajstić information content (AvgIpc) is 3.49. The number of nitrogens with zero attached hydrogens (tertiary/aromatic N) is 2. The van der Waals surface area contributed by atoms with Crippen molar-refractivity contribution in [2.24, 2.45) is 17.8 Å². The lowest BCUT2D eigenvalue weighted by atomic mass is 9.57. The van der Waals surface area contributed by atoms with E-state index in [-0.39, 0.29) is 42.8 Å². The minimum Gasteiger partial charge on any atom is -0.463 e. The number of likely N-dealkylation sites (tertiary alicyclic amines) is 1. The third kappa shape index (κ3) is 2.75. The van der Waals surface area contributed by atoms with Crippen LogP contribution in [0.3, 0.4) is 0 Å². The van der Waals surface area contributed by atoms with Gasteiger partial charge in [-0.25, -0.2) is 0 Å². The number of fused-ring (bicyclic) bond motifs is 4. The number of anilines is 1. The summed E-state index contributed by atoms with van der Waals surface area (Å²) < 4.78 is 5.83. The second kappa shape index (κ2) is 7.78. The Kier molecular flexibility index (Phi) is 5.07. The molecule has 3 fully saturated rings. The first-order valence-corrected chi connectivity index (χ1v) is 12.4. The molecule has 4 aliphatic rings. The number of amides is 4. The highest BCUT2D eigenvalue weighted by molar-refractivity contribution is 6.53. The number of imide groups is 2. The maximum absolute atomic E-state index is 13.8. The van der Waals surface area contributed by atoms with Crippen LogP contribution in [0.4, 0.5) is 5.69 Å². The Balaban J connectivity index is 1.51. The highest BCUT2D eigenvalue weighted by Gasteiger charge is 2.76. The van der Waals surface area contributed by atoms with Crippen molar-refractivity contribution in [3.05, 3.63) is 65.6 Å². The largest absolute Gasteiger partial charge is 0.463 e. The molecule has 1 N–H and O–H groups in total. The van der Waals surface area contributed by atoms with Crippen molar-refractivity contribution in [1.82, 2.24) is 4.90 Å². The fourth-order valence-electron chi connectivity index (χ4n) is 6.52. The standard InChI is InChI=1S/C26H22Cl2N2O6/c1-29-23(34)25(27)11-17-15(20(26(25,28)24(29)35)18-10-7-14(12-31)36-18)8-9-16-19(17)22(33)30(21(16)32)13-5-3-2-4-6-13/h2-8,10,16-17,19-20,31H,9,11-12H2,1H3/t16-,17+,19-,20+,25+,26-/m0/s1. The van der Waals surface area contributed by atoms with Crippen LogP contribution in [0.15, 0.2) is 58.5 Å². The molecule has 8 nitrogen and oxygen atoms in total. The summed E-state index contributed by atoms with van der Waals surface area (Å²) in [6.07, 6.45) is 2.04. The summed E-state index contributed by atoms with van der Waals surface area (Å²) >= 11 is 14.1. The van der Waals surface area contributed by atoms with E-state index in [0.29, 0.717) is 11.3 Å². The van der Waals surface area contributed by atoms with Gasteiger partial charge in [-0.3, -0.25) is 29.0 Å². The SMILES string of the molecule is CN1C(=O)[C@]2(Cl)C[C@@H]3C(=CC[C@@H]4C(=O)N(c5ccccc5)C(=O)[C@@H]43)[C@H](c3ccc(CO)o3)[C@]2(Cl)C1=O. The molecule has 1 saturated carbocycles. The van der Waals surface area contributed by atoms with Gasteiger partial charge in [-0.05, 0) is 43.0 Å². The van der Waals surface area contributed by atoms with Crippen molar-refractivity contribution in [2.45, 2.75) is 35.1 Å². The van der Waals surface area contributed by atoms with E-state index < -0.39 is 45.2 Å². The first-order chi connectivity index (χ1) is 17.1. The van der Waals surface area contributed by atoms with Crippen LogP contribution in [0.2, 0.25) is 0 Å². The Morgan fingerprint density at radius 2 is 1.72 bits per heavy atom. The van der Waals surface area contributed by atoms with Gasteiger partial charge in [-0.1, -0.05) is 29.8 Å². The summed E-state index contributed by atoms with van der Waals surface area (Å²) in [5.41, 5.74) is 1.13. The highest BCUT2D eigenvalue weighted by Crippen LogP contribution is 2.65. The number of allylic oxidation sites excluding steroid dienone is 2. The molecular weight excluding hydrogens is 507 g/mol. The second-order valence-corrected chi connectivity index (χ2v) is 11.0. The van der Waals surface area contributed by atoms with Gasteiger partial charge in [0.05, 0.1) is 23.4 Å². The predicted molar refractivity (Wildman–Crippen MR) is 129 cm³/mol. The monoisotopic (exact) mass is 528 g/mol. The molecule has 2 aliphatic carbocycles. The third-order valence-corrected chi connectivity index (χ3v) is 9.56. The van der Waals surface area contributed by atoms with Crippen molar-refractivity contribution < 1.29 is 28.7 Å². The molecule has 10 heteroatoms. The van der Waals surface area contributed by atoms with Crippen molar-refractivity contribution in [1.29, 1.82) is 0 Å². The number of carbonyl (C=O) groups is 4. The maximum atomic E-state index is 13.8. The second-order valence-electron chi connectivity index (χ2n) is 9.81. The molecule has 3 heterocycles. The molecule has 6 atom stereocenters. The quantitative estimate of drug-likeness (QED) is 0.372. The molecule has 1 aromatic carbocycles. The molecular formula is C26H22Cl2N2O6. The van der Waals surface area contributed by atoms with Crippen molar-refractivity contribution in [2.75, 3.05) is 11.9 Å². The van der Waals surface area contributed by atoms with Gasteiger partial charge >= 0.3 is 0 Å². The molecule has 0 spiro atoms. The summed E-state index contributed by atoms with van der Waals surface area (Å²) in [5.74, 6) is -4.42. The lowest BCUT2D eigenvalue weighted by molar-refractivity contribution is -0.138. The van der Waals surface area contributed by atoms with E-state index in [1.165, 1.54) is 11.9 Å². The molecule has 1 aromatic heterocycles. The lowest BCUT2D eigenvalue weighted by Gasteiger charge is -2.49. The van der Waals surface area contributed by atoms with Gasteiger partial charge in [-0.2, -0.15) is 0 Å². The molecule has 2 saturated heterocycles. The van der Waals surface area contributed by atoms with Gasteiger partial charge in [-0.15, -0.1) is 23.2 Å². The molecule has 6 rings (SSSR count). The number of benzene rings is 1. The first-order valence-electron chi connectivity index (χ1n) is 11.7. The zero-order chi connectivity index (χ0) is 25.6. The number of aliphatic hydroxyl groups is 1. The number of hydrogen-bond donors (Lipinski definition) is 1. The summed E-state index contributed by atoms with van der Waals surface area (Å²) in [7, 11) is 1.33. The molecule has 2 aliphatic heterocycles. The normalized spacial score (nSPS) is 35.6. The van der Waals surface area contributed by atoms with Crippen molar-refractivity contribution >= 4 is 52.5 Å². The Bertz CT molecular complexity index is 1360. The van der Waals surface area contributed by atoms with Crippen LogP contribution in [-0.4, -0.2) is 50.4 Å². The topological polar surface area (TPSA) is 108 Å². The number of hydrogen-bond acceptors (Lipinski definition) is 6. The molecule has 2 aromatic rings. The van der Waals surface area contributed by atoms with Gasteiger partial charge < -0.3 is 9.52 Å². The zero-order valence-corrected chi connectivity index (χ0v) is 20.7. The first kappa shape index (κ1) is 23.5. The van der Waals surface area contributed by atoms with Crippen LogP contribution in [-0.2, 0) is 25.8 Å². The van der Waals surface area contributed by atoms with Gasteiger partial charge in [0, 0.05) is 7.05 Å². The summed E-state index contributed by atoms with van der Waals surface area (Å²) in [5, 5.41) is 9.56. The van der Waals surface area contributed by atoms with E-state index in [2.05, 4.69) is 0 Å². The zero-order valence-electron chi connectivity index (χ0n) is 19.2. The van der Waals surface area contributed by atoms with E-state index in [4.69, 9.17) is 27.6 Å². The minimum absolute atomic E-state index is 0.0777. The molecule has 36 heavy (non-hydrogen) atoms. The molecule has 186 valence electrons. The number of furan rings is 1. The number of halogens is 2. The van der Waals surface area contributed by atoms with E-state index in [1.807, 2.05) is 6.08 Å². The smallest absolute Gasteiger partial charge is 0.253 e. The summed E-state index contributed by atoms with van der Waals surface area (Å²) in [6, 6.07) is 11.9. The van der Waals surface area contributed by atoms with Crippen molar-refractivity contribution in [3.8, 4) is 0 Å². The Morgan fingerprint density at radius 3 is 2.39 bits per heavy atom. The molecule has 0 radical (unpaired) electrons. The number of rotatable bonds is 3. The van der Waals surface area contributed by atoms with Gasteiger partial charge in [0.15, 0.2) is 9.75 Å². The molecule has 4 amide bonds. The highest BCUT2D eigenvalue weighted by atomic mass is 35.5. The average molecular weight is 529 g/mol. The third-order valence-electron chi connectivity index (χ3n) is 8.15. The fraction of sp³-hybridized carbons (Fsp3) is 0.385. The van der Waals surface area contributed by atoms with E-state index in [0.717, 1.165) is 4.90 Å². The van der Waals surface area contributed by atoms with E-state index in [9.17, 15) is 24.3 Å². The van der Waals surface area contributed by atoms with Crippen LogP contribution in [0.1, 0.15) is 30.3 Å². The lowest BCUT2D eigenvalue weighted by Crippen LogP contribution is -2.60. The van der Waals surface area contributed by atoms with E-state index in [1.54, 1.807) is 42.5 Å². The van der Waals surface area contributed by atoms with Crippen LogP contribution < -0.4 is 4.90 Å². The fourth-order valence-corrected chi connectivity index (χ4v) is 7.52. The van der Waals surface area contributed by atoms with Gasteiger partial charge in [0.2, 0.25) is 11.8 Å².